The van der Waals surface area contributed by atoms with E-state index in [2.05, 4.69) is 205 Å². The summed E-state index contributed by atoms with van der Waals surface area (Å²) >= 11 is 1.88. The highest BCUT2D eigenvalue weighted by Gasteiger charge is 2.45. The van der Waals surface area contributed by atoms with E-state index in [0.29, 0.717) is 0 Å². The van der Waals surface area contributed by atoms with Gasteiger partial charge in [0.25, 0.3) is 0 Å². The minimum Gasteiger partial charge on any atom is -0.309 e. The summed E-state index contributed by atoms with van der Waals surface area (Å²) in [6.45, 7) is 0. The SMILES string of the molecule is c1ccc(-c2ccc(N(c3cccc4c3Sc3ccccc3C4(c3ccccc3)c3ccccc3)c3cccc4ccccc34)cc2)cc1. The zero-order valence-electron chi connectivity index (χ0n) is 26.9. The Hall–Kier alpha value is -5.83. The summed E-state index contributed by atoms with van der Waals surface area (Å²) in [5.74, 6) is 0. The molecule has 0 saturated heterocycles. The summed E-state index contributed by atoms with van der Waals surface area (Å²) in [6.07, 6.45) is 0. The molecule has 0 spiro atoms. The van der Waals surface area contributed by atoms with E-state index in [1.54, 1.807) is 0 Å². The van der Waals surface area contributed by atoms with Crippen LogP contribution < -0.4 is 4.90 Å². The Morgan fingerprint density at radius 2 is 0.918 bits per heavy atom. The van der Waals surface area contributed by atoms with E-state index in [9.17, 15) is 0 Å². The highest BCUT2D eigenvalue weighted by atomic mass is 32.2. The Labute approximate surface area is 292 Å². The van der Waals surface area contributed by atoms with Crippen molar-refractivity contribution in [1.29, 1.82) is 0 Å². The molecule has 1 nitrogen and oxygen atoms in total. The van der Waals surface area contributed by atoms with Crippen LogP contribution in [0.15, 0.2) is 210 Å². The van der Waals surface area contributed by atoms with Gasteiger partial charge in [-0.2, -0.15) is 0 Å². The number of hydrogen-bond acceptors (Lipinski definition) is 2. The Balaban J connectivity index is 1.34. The molecule has 232 valence electrons. The quantitative estimate of drug-likeness (QED) is 0.177. The average molecular weight is 644 g/mol. The van der Waals surface area contributed by atoms with E-state index < -0.39 is 5.41 Å². The van der Waals surface area contributed by atoms with Crippen LogP contribution in [0, 0.1) is 0 Å². The molecule has 0 bridgehead atoms. The first-order valence-electron chi connectivity index (χ1n) is 16.8. The topological polar surface area (TPSA) is 3.24 Å². The number of nitrogens with zero attached hydrogens (tertiary/aromatic N) is 1. The molecule has 8 aromatic rings. The van der Waals surface area contributed by atoms with Crippen LogP contribution in [-0.4, -0.2) is 0 Å². The Morgan fingerprint density at radius 3 is 1.65 bits per heavy atom. The van der Waals surface area contributed by atoms with Gasteiger partial charge < -0.3 is 4.90 Å². The van der Waals surface area contributed by atoms with E-state index in [-0.39, 0.29) is 0 Å². The van der Waals surface area contributed by atoms with Gasteiger partial charge in [-0.1, -0.05) is 182 Å². The van der Waals surface area contributed by atoms with Crippen molar-refractivity contribution in [3.8, 4) is 11.1 Å². The van der Waals surface area contributed by atoms with Gasteiger partial charge in [0.15, 0.2) is 0 Å². The third-order valence-electron chi connectivity index (χ3n) is 9.80. The van der Waals surface area contributed by atoms with E-state index in [1.165, 1.54) is 53.9 Å². The maximum Gasteiger partial charge on any atom is 0.0724 e. The molecule has 1 heterocycles. The van der Waals surface area contributed by atoms with Crippen molar-refractivity contribution in [2.45, 2.75) is 15.2 Å². The molecule has 9 rings (SSSR count). The average Bonchev–Trinajstić information content (AvgIpc) is 3.19. The van der Waals surface area contributed by atoms with Gasteiger partial charge in [0, 0.05) is 20.9 Å². The first-order valence-corrected chi connectivity index (χ1v) is 17.6. The Morgan fingerprint density at radius 1 is 0.388 bits per heavy atom. The lowest BCUT2D eigenvalue weighted by molar-refractivity contribution is 0.703. The summed E-state index contributed by atoms with van der Waals surface area (Å²) in [7, 11) is 0. The van der Waals surface area contributed by atoms with Gasteiger partial charge in [0.05, 0.1) is 16.8 Å². The molecular weight excluding hydrogens is 611 g/mol. The lowest BCUT2D eigenvalue weighted by Gasteiger charge is -2.43. The van der Waals surface area contributed by atoms with E-state index in [1.807, 2.05) is 11.8 Å². The number of benzene rings is 8. The molecule has 0 unspecified atom stereocenters. The smallest absolute Gasteiger partial charge is 0.0724 e. The van der Waals surface area contributed by atoms with Crippen LogP contribution in [-0.2, 0) is 5.41 Å². The van der Waals surface area contributed by atoms with Gasteiger partial charge in [-0.15, -0.1) is 0 Å². The van der Waals surface area contributed by atoms with Gasteiger partial charge in [-0.3, -0.25) is 0 Å². The lowest BCUT2D eigenvalue weighted by Crippen LogP contribution is -2.34. The molecule has 0 amide bonds. The van der Waals surface area contributed by atoms with Crippen molar-refractivity contribution in [3.63, 3.8) is 0 Å². The van der Waals surface area contributed by atoms with Gasteiger partial charge in [0.2, 0.25) is 0 Å². The third-order valence-corrected chi connectivity index (χ3v) is 11.0. The standard InChI is InChI=1S/C47H33NS/c1-4-16-34(17-5-1)35-30-32-39(33-31-35)48(43-27-14-19-36-18-10-11-24-40(36)43)44-28-15-26-42-46(44)49-45-29-13-12-25-41(45)47(42,37-20-6-2-7-21-37)38-22-8-3-9-23-38/h1-33H. The molecule has 0 aliphatic carbocycles. The summed E-state index contributed by atoms with van der Waals surface area (Å²) in [6, 6.07) is 73.0. The number of anilines is 3. The molecule has 0 N–H and O–H groups in total. The minimum absolute atomic E-state index is 0.503. The predicted octanol–water partition coefficient (Wildman–Crippen LogP) is 12.8. The van der Waals surface area contributed by atoms with Crippen LogP contribution in [0.1, 0.15) is 22.3 Å². The van der Waals surface area contributed by atoms with Crippen LogP contribution in [0.25, 0.3) is 21.9 Å². The van der Waals surface area contributed by atoms with Crippen molar-refractivity contribution in [1.82, 2.24) is 0 Å². The van der Waals surface area contributed by atoms with E-state index in [4.69, 9.17) is 0 Å². The van der Waals surface area contributed by atoms with Crippen LogP contribution in [0.3, 0.4) is 0 Å². The molecule has 0 saturated carbocycles. The second-order valence-electron chi connectivity index (χ2n) is 12.5. The second-order valence-corrected chi connectivity index (χ2v) is 13.5. The van der Waals surface area contributed by atoms with Gasteiger partial charge >= 0.3 is 0 Å². The van der Waals surface area contributed by atoms with Gasteiger partial charge in [-0.05, 0) is 69.1 Å². The highest BCUT2D eigenvalue weighted by Crippen LogP contribution is 2.59. The van der Waals surface area contributed by atoms with Crippen molar-refractivity contribution in [2.24, 2.45) is 0 Å². The third kappa shape index (κ3) is 4.87. The number of rotatable bonds is 6. The summed E-state index contributed by atoms with van der Waals surface area (Å²) < 4.78 is 0. The molecule has 8 aromatic carbocycles. The number of hydrogen-bond donors (Lipinski definition) is 0. The van der Waals surface area contributed by atoms with Gasteiger partial charge in [-0.25, -0.2) is 0 Å². The lowest BCUT2D eigenvalue weighted by atomic mass is 9.64. The van der Waals surface area contributed by atoms with Crippen LogP contribution in [0.2, 0.25) is 0 Å². The van der Waals surface area contributed by atoms with Crippen molar-refractivity contribution < 1.29 is 0 Å². The molecular formula is C47H33NS. The zero-order chi connectivity index (χ0) is 32.6. The fraction of sp³-hybridized carbons (Fsp3) is 0.0213. The first kappa shape index (κ1) is 29.3. The van der Waals surface area contributed by atoms with Gasteiger partial charge in [0.1, 0.15) is 0 Å². The molecule has 0 radical (unpaired) electrons. The zero-order valence-corrected chi connectivity index (χ0v) is 27.7. The predicted molar refractivity (Wildman–Crippen MR) is 206 cm³/mol. The first-order chi connectivity index (χ1) is 24.3. The van der Waals surface area contributed by atoms with Crippen LogP contribution in [0.4, 0.5) is 17.1 Å². The monoisotopic (exact) mass is 643 g/mol. The number of fused-ring (bicyclic) bond motifs is 3. The molecule has 1 aliphatic rings. The van der Waals surface area contributed by atoms with Crippen molar-refractivity contribution >= 4 is 39.6 Å². The Bertz CT molecular complexity index is 2360. The van der Waals surface area contributed by atoms with Crippen molar-refractivity contribution in [3.05, 3.63) is 222 Å². The second kappa shape index (κ2) is 12.3. The minimum atomic E-state index is -0.503. The highest BCUT2D eigenvalue weighted by molar-refractivity contribution is 7.99. The maximum absolute atomic E-state index is 2.47. The summed E-state index contributed by atoms with van der Waals surface area (Å²) in [5, 5.41) is 2.44. The normalized spacial score (nSPS) is 13.0. The fourth-order valence-electron chi connectivity index (χ4n) is 7.63. The summed E-state index contributed by atoms with van der Waals surface area (Å²) in [5.41, 5.74) is 10.5. The van der Waals surface area contributed by atoms with Crippen LogP contribution in [0.5, 0.6) is 0 Å². The summed E-state index contributed by atoms with van der Waals surface area (Å²) in [4.78, 5) is 5.00. The Kier molecular flexibility index (Phi) is 7.37. The maximum atomic E-state index is 2.47. The molecule has 0 aromatic heterocycles. The fourth-order valence-corrected chi connectivity index (χ4v) is 8.93. The molecule has 0 fully saturated rings. The molecule has 49 heavy (non-hydrogen) atoms. The van der Waals surface area contributed by atoms with Crippen molar-refractivity contribution in [2.75, 3.05) is 4.90 Å². The largest absolute Gasteiger partial charge is 0.309 e. The van der Waals surface area contributed by atoms with Crippen LogP contribution >= 0.6 is 11.8 Å². The molecule has 1 aliphatic heterocycles. The van der Waals surface area contributed by atoms with E-state index in [0.717, 1.165) is 17.1 Å². The molecule has 2 heteroatoms. The molecule has 0 atom stereocenters. The van der Waals surface area contributed by atoms with E-state index >= 15 is 0 Å².